The monoisotopic (exact) mass is 355 g/mol. The van der Waals surface area contributed by atoms with E-state index in [-0.39, 0.29) is 23.7 Å². The van der Waals surface area contributed by atoms with Crippen molar-refractivity contribution in [1.82, 2.24) is 15.2 Å². The highest BCUT2D eigenvalue weighted by atomic mass is 19.1. The zero-order chi connectivity index (χ0) is 18.5. The average Bonchev–Trinajstić information content (AvgIpc) is 2.67. The highest BCUT2D eigenvalue weighted by Gasteiger charge is 2.28. The number of aromatic nitrogens is 1. The first kappa shape index (κ1) is 18.5. The maximum Gasteiger partial charge on any atom is 0.223 e. The summed E-state index contributed by atoms with van der Waals surface area (Å²) >= 11 is 0. The molecule has 1 fully saturated rings. The van der Waals surface area contributed by atoms with Crippen LogP contribution in [0.15, 0.2) is 48.8 Å². The summed E-state index contributed by atoms with van der Waals surface area (Å²) in [6, 6.07) is 10.3. The molecule has 4 nitrogen and oxygen atoms in total. The molecule has 1 aliphatic heterocycles. The Morgan fingerprint density at radius 1 is 1.08 bits per heavy atom. The quantitative estimate of drug-likeness (QED) is 0.892. The van der Waals surface area contributed by atoms with Crippen LogP contribution in [0.25, 0.3) is 0 Å². The Morgan fingerprint density at radius 3 is 2.23 bits per heavy atom. The summed E-state index contributed by atoms with van der Waals surface area (Å²) in [5.74, 6) is -0.191. The number of nitrogens with one attached hydrogen (secondary N) is 1. The van der Waals surface area contributed by atoms with E-state index in [4.69, 9.17) is 0 Å². The van der Waals surface area contributed by atoms with E-state index in [9.17, 15) is 9.18 Å². The van der Waals surface area contributed by atoms with E-state index in [1.165, 1.54) is 12.1 Å². The van der Waals surface area contributed by atoms with E-state index in [0.717, 1.165) is 37.1 Å². The van der Waals surface area contributed by atoms with Crippen molar-refractivity contribution in [1.29, 1.82) is 0 Å². The van der Waals surface area contributed by atoms with Gasteiger partial charge in [0.15, 0.2) is 0 Å². The summed E-state index contributed by atoms with van der Waals surface area (Å²) in [6.07, 6.45) is 5.16. The number of hydrogen-bond donors (Lipinski definition) is 1. The van der Waals surface area contributed by atoms with Gasteiger partial charge in [0.1, 0.15) is 5.82 Å². The fourth-order valence-electron chi connectivity index (χ4n) is 3.51. The maximum atomic E-state index is 13.3. The molecule has 1 aliphatic rings. The normalized spacial score (nSPS) is 17.2. The number of piperidine rings is 1. The zero-order valence-corrected chi connectivity index (χ0v) is 15.4. The van der Waals surface area contributed by atoms with Gasteiger partial charge in [0, 0.05) is 24.4 Å². The van der Waals surface area contributed by atoms with Gasteiger partial charge >= 0.3 is 0 Å². The minimum absolute atomic E-state index is 0.0229. The highest BCUT2D eigenvalue weighted by Crippen LogP contribution is 2.25. The van der Waals surface area contributed by atoms with Gasteiger partial charge < -0.3 is 10.2 Å². The van der Waals surface area contributed by atoms with E-state index >= 15 is 0 Å². The van der Waals surface area contributed by atoms with Gasteiger partial charge in [-0.1, -0.05) is 12.1 Å². The van der Waals surface area contributed by atoms with Crippen molar-refractivity contribution >= 4 is 5.91 Å². The molecule has 26 heavy (non-hydrogen) atoms. The van der Waals surface area contributed by atoms with Crippen LogP contribution in [0, 0.1) is 11.7 Å². The number of carbonyl (C=O) groups excluding carboxylic acids is 1. The Labute approximate surface area is 154 Å². The van der Waals surface area contributed by atoms with E-state index in [1.807, 2.05) is 12.1 Å². The van der Waals surface area contributed by atoms with Crippen molar-refractivity contribution < 1.29 is 9.18 Å². The van der Waals surface area contributed by atoms with Gasteiger partial charge in [-0.25, -0.2) is 4.39 Å². The molecule has 0 unspecified atom stereocenters. The number of carbonyl (C=O) groups is 1. The molecule has 5 heteroatoms. The molecule has 1 aromatic heterocycles. The number of pyridine rings is 1. The minimum atomic E-state index is -0.297. The lowest BCUT2D eigenvalue weighted by atomic mass is 9.93. The Balaban J connectivity index is 1.74. The fraction of sp³-hybridized carbons (Fsp3) is 0.429. The molecule has 0 bridgehead atoms. The second-order valence-corrected chi connectivity index (χ2v) is 7.18. The van der Waals surface area contributed by atoms with E-state index in [2.05, 4.69) is 29.0 Å². The summed E-state index contributed by atoms with van der Waals surface area (Å²) in [6.45, 7) is 6.28. The van der Waals surface area contributed by atoms with Crippen LogP contribution in [0.1, 0.15) is 43.9 Å². The van der Waals surface area contributed by atoms with Crippen molar-refractivity contribution in [2.45, 2.75) is 38.8 Å². The van der Waals surface area contributed by atoms with Crippen LogP contribution in [-0.4, -0.2) is 34.9 Å². The molecule has 2 aromatic rings. The second kappa shape index (κ2) is 8.41. The number of likely N-dealkylation sites (tertiary alicyclic amines) is 1. The fourth-order valence-corrected chi connectivity index (χ4v) is 3.51. The molecule has 1 N–H and O–H groups in total. The Kier molecular flexibility index (Phi) is 5.99. The van der Waals surface area contributed by atoms with Crippen LogP contribution in [0.4, 0.5) is 4.39 Å². The van der Waals surface area contributed by atoms with Gasteiger partial charge in [-0.3, -0.25) is 9.78 Å². The smallest absolute Gasteiger partial charge is 0.223 e. The van der Waals surface area contributed by atoms with Crippen molar-refractivity contribution in [3.63, 3.8) is 0 Å². The lowest BCUT2D eigenvalue weighted by Crippen LogP contribution is -2.43. The van der Waals surface area contributed by atoms with Gasteiger partial charge in [-0.2, -0.15) is 0 Å². The van der Waals surface area contributed by atoms with Crippen LogP contribution in [-0.2, 0) is 4.79 Å². The molecule has 0 radical (unpaired) electrons. The average molecular weight is 355 g/mol. The predicted octanol–water partition coefficient (Wildman–Crippen LogP) is 3.55. The summed E-state index contributed by atoms with van der Waals surface area (Å²) in [5.41, 5.74) is 1.81. The first-order chi connectivity index (χ1) is 12.5. The number of rotatable bonds is 5. The van der Waals surface area contributed by atoms with Crippen LogP contribution in [0.3, 0.4) is 0 Å². The van der Waals surface area contributed by atoms with Gasteiger partial charge in [-0.05, 0) is 75.2 Å². The van der Waals surface area contributed by atoms with Gasteiger partial charge in [0.25, 0.3) is 0 Å². The molecule has 0 aliphatic carbocycles. The van der Waals surface area contributed by atoms with Crippen LogP contribution in [0.2, 0.25) is 0 Å². The summed E-state index contributed by atoms with van der Waals surface area (Å²) in [5, 5.41) is 3.18. The first-order valence-corrected chi connectivity index (χ1v) is 9.24. The molecule has 3 rings (SSSR count). The minimum Gasteiger partial charge on any atom is -0.345 e. The number of hydrogen-bond acceptors (Lipinski definition) is 3. The third kappa shape index (κ3) is 4.47. The third-order valence-corrected chi connectivity index (χ3v) is 5.16. The Morgan fingerprint density at radius 2 is 1.65 bits per heavy atom. The zero-order valence-electron chi connectivity index (χ0n) is 15.4. The Bertz CT molecular complexity index is 710. The highest BCUT2D eigenvalue weighted by molar-refractivity contribution is 5.79. The molecule has 0 spiro atoms. The van der Waals surface area contributed by atoms with Crippen molar-refractivity contribution in [3.8, 4) is 0 Å². The molecule has 0 saturated carbocycles. The SMILES string of the molecule is CC(C)N1CCC(C(=O)N[C@H](c2ccncc2)c2ccc(F)cc2)CC1. The number of nitrogens with zero attached hydrogens (tertiary/aromatic N) is 2. The predicted molar refractivity (Wildman–Crippen MR) is 100 cm³/mol. The number of benzene rings is 1. The van der Waals surface area contributed by atoms with E-state index in [0.29, 0.717) is 6.04 Å². The first-order valence-electron chi connectivity index (χ1n) is 9.24. The third-order valence-electron chi connectivity index (χ3n) is 5.16. The molecule has 1 amide bonds. The summed E-state index contributed by atoms with van der Waals surface area (Å²) in [7, 11) is 0. The van der Waals surface area contributed by atoms with Crippen LogP contribution < -0.4 is 5.32 Å². The van der Waals surface area contributed by atoms with Crippen molar-refractivity contribution in [2.24, 2.45) is 5.92 Å². The molecule has 1 aromatic carbocycles. The molecule has 138 valence electrons. The Hall–Kier alpha value is -2.27. The van der Waals surface area contributed by atoms with E-state index in [1.54, 1.807) is 24.5 Å². The second-order valence-electron chi connectivity index (χ2n) is 7.18. The molecular weight excluding hydrogens is 329 g/mol. The molecule has 1 atom stereocenters. The lowest BCUT2D eigenvalue weighted by molar-refractivity contribution is -0.127. The molecule has 2 heterocycles. The van der Waals surface area contributed by atoms with Crippen molar-refractivity contribution in [2.75, 3.05) is 13.1 Å². The lowest BCUT2D eigenvalue weighted by Gasteiger charge is -2.34. The van der Waals surface area contributed by atoms with Gasteiger partial charge in [0.2, 0.25) is 5.91 Å². The van der Waals surface area contributed by atoms with Gasteiger partial charge in [-0.15, -0.1) is 0 Å². The number of halogens is 1. The molecule has 1 saturated heterocycles. The summed E-state index contributed by atoms with van der Waals surface area (Å²) < 4.78 is 13.3. The van der Waals surface area contributed by atoms with Crippen LogP contribution >= 0.6 is 0 Å². The summed E-state index contributed by atoms with van der Waals surface area (Å²) in [4.78, 5) is 19.3. The largest absolute Gasteiger partial charge is 0.345 e. The topological polar surface area (TPSA) is 45.2 Å². The maximum absolute atomic E-state index is 13.3. The standard InChI is InChI=1S/C21H26FN3O/c1-15(2)25-13-9-18(10-14-25)21(26)24-20(17-7-11-23-12-8-17)16-3-5-19(22)6-4-16/h3-8,11-12,15,18,20H,9-10,13-14H2,1-2H3,(H,24,26)/t20-/m0/s1. The van der Waals surface area contributed by atoms with E-state index < -0.39 is 0 Å². The molecular formula is C21H26FN3O. The van der Waals surface area contributed by atoms with Crippen molar-refractivity contribution in [3.05, 3.63) is 65.7 Å². The van der Waals surface area contributed by atoms with Gasteiger partial charge in [0.05, 0.1) is 6.04 Å². The number of amides is 1. The van der Waals surface area contributed by atoms with Crippen LogP contribution in [0.5, 0.6) is 0 Å².